The summed E-state index contributed by atoms with van der Waals surface area (Å²) in [5.41, 5.74) is -0.474. The molecule has 0 aromatic heterocycles. The van der Waals surface area contributed by atoms with Gasteiger partial charge in [-0.3, -0.25) is 9.59 Å². The molecule has 1 aliphatic heterocycles. The lowest BCUT2D eigenvalue weighted by Gasteiger charge is -2.31. The normalized spacial score (nSPS) is 19.0. The van der Waals surface area contributed by atoms with E-state index >= 15 is 0 Å². The van der Waals surface area contributed by atoms with Crippen molar-refractivity contribution in [2.45, 2.75) is 31.4 Å². The number of anilines is 1. The molecule has 1 fully saturated rings. The molecule has 2 atom stereocenters. The van der Waals surface area contributed by atoms with Crippen LogP contribution in [0.4, 0.5) is 5.69 Å². The Labute approximate surface area is 161 Å². The number of hydrogen-bond donors (Lipinski definition) is 2. The first-order valence-corrected chi connectivity index (χ1v) is 9.34. The van der Waals surface area contributed by atoms with Crippen LogP contribution in [0, 0.1) is 0 Å². The Bertz CT molecular complexity index is 790. The molecule has 5 nitrogen and oxygen atoms in total. The standard InChI is InChI=1S/C20H21BrN2O3/c1-20(26,14-6-3-2-4-7-14)19(25)23-13-5-8-17(23)18(24)22-16-11-9-15(21)10-12-16/h2-4,6-7,9-12,17,26H,5,8,13H2,1H3,(H,22,24)/t17-,20-/m0/s1. The highest BCUT2D eigenvalue weighted by Crippen LogP contribution is 2.28. The average molecular weight is 417 g/mol. The van der Waals surface area contributed by atoms with Crippen molar-refractivity contribution in [1.29, 1.82) is 0 Å². The van der Waals surface area contributed by atoms with Crippen molar-refractivity contribution in [2.75, 3.05) is 11.9 Å². The summed E-state index contributed by atoms with van der Waals surface area (Å²) in [7, 11) is 0. The average Bonchev–Trinajstić information content (AvgIpc) is 3.13. The highest BCUT2D eigenvalue weighted by Gasteiger charge is 2.42. The molecule has 0 saturated carbocycles. The first kappa shape index (κ1) is 18.6. The minimum atomic E-state index is -1.66. The minimum Gasteiger partial charge on any atom is -0.376 e. The maximum atomic E-state index is 13.0. The van der Waals surface area contributed by atoms with Gasteiger partial charge in [-0.2, -0.15) is 0 Å². The van der Waals surface area contributed by atoms with E-state index in [0.29, 0.717) is 24.2 Å². The molecule has 0 unspecified atom stereocenters. The third-order valence-electron chi connectivity index (χ3n) is 4.68. The second-order valence-electron chi connectivity index (χ2n) is 6.59. The Morgan fingerprint density at radius 3 is 2.46 bits per heavy atom. The fourth-order valence-electron chi connectivity index (χ4n) is 3.21. The summed E-state index contributed by atoms with van der Waals surface area (Å²) in [6.45, 7) is 1.94. The fourth-order valence-corrected chi connectivity index (χ4v) is 3.47. The topological polar surface area (TPSA) is 69.6 Å². The zero-order chi connectivity index (χ0) is 18.7. The molecule has 2 aromatic rings. The Hall–Kier alpha value is -2.18. The number of likely N-dealkylation sites (tertiary alicyclic amines) is 1. The quantitative estimate of drug-likeness (QED) is 0.802. The lowest BCUT2D eigenvalue weighted by molar-refractivity contribution is -0.153. The van der Waals surface area contributed by atoms with Crippen molar-refractivity contribution in [3.63, 3.8) is 0 Å². The summed E-state index contributed by atoms with van der Waals surface area (Å²) in [4.78, 5) is 27.1. The lowest BCUT2D eigenvalue weighted by Crippen LogP contribution is -2.50. The molecule has 0 radical (unpaired) electrons. The number of hydrogen-bond acceptors (Lipinski definition) is 3. The van der Waals surface area contributed by atoms with Crippen LogP contribution in [0.5, 0.6) is 0 Å². The molecule has 136 valence electrons. The summed E-state index contributed by atoms with van der Waals surface area (Å²) >= 11 is 3.36. The van der Waals surface area contributed by atoms with E-state index in [1.54, 1.807) is 36.4 Å². The number of nitrogens with one attached hydrogen (secondary N) is 1. The summed E-state index contributed by atoms with van der Waals surface area (Å²) in [5.74, 6) is -0.681. The molecule has 1 heterocycles. The molecule has 0 spiro atoms. The second kappa shape index (κ2) is 7.60. The van der Waals surface area contributed by atoms with E-state index in [1.807, 2.05) is 18.2 Å². The van der Waals surface area contributed by atoms with Gasteiger partial charge in [0.05, 0.1) is 0 Å². The van der Waals surface area contributed by atoms with Gasteiger partial charge in [-0.05, 0) is 49.6 Å². The maximum absolute atomic E-state index is 13.0. The number of halogens is 1. The molecular weight excluding hydrogens is 396 g/mol. The van der Waals surface area contributed by atoms with Crippen molar-refractivity contribution in [1.82, 2.24) is 4.90 Å². The van der Waals surface area contributed by atoms with Gasteiger partial charge in [0.15, 0.2) is 5.60 Å². The van der Waals surface area contributed by atoms with Crippen molar-refractivity contribution in [3.8, 4) is 0 Å². The molecule has 6 heteroatoms. The van der Waals surface area contributed by atoms with Crippen LogP contribution < -0.4 is 5.32 Å². The van der Waals surface area contributed by atoms with Crippen LogP contribution in [-0.2, 0) is 15.2 Å². The van der Waals surface area contributed by atoms with E-state index in [1.165, 1.54) is 11.8 Å². The third kappa shape index (κ3) is 3.81. The van der Waals surface area contributed by atoms with Crippen molar-refractivity contribution in [3.05, 3.63) is 64.6 Å². The molecule has 1 saturated heterocycles. The molecule has 26 heavy (non-hydrogen) atoms. The van der Waals surface area contributed by atoms with Gasteiger partial charge in [0, 0.05) is 16.7 Å². The zero-order valence-electron chi connectivity index (χ0n) is 14.5. The lowest BCUT2D eigenvalue weighted by atomic mass is 9.94. The summed E-state index contributed by atoms with van der Waals surface area (Å²) in [6, 6.07) is 15.5. The number of amides is 2. The molecule has 0 aliphatic carbocycles. The van der Waals surface area contributed by atoms with E-state index < -0.39 is 17.6 Å². The number of nitrogens with zero attached hydrogens (tertiary/aromatic N) is 1. The number of benzene rings is 2. The highest BCUT2D eigenvalue weighted by molar-refractivity contribution is 9.10. The SMILES string of the molecule is C[C@@](O)(C(=O)N1CCC[C@H]1C(=O)Nc1ccc(Br)cc1)c1ccccc1. The Morgan fingerprint density at radius 1 is 1.15 bits per heavy atom. The molecule has 1 aliphatic rings. The zero-order valence-corrected chi connectivity index (χ0v) is 16.1. The van der Waals surface area contributed by atoms with Crippen molar-refractivity contribution < 1.29 is 14.7 Å². The monoisotopic (exact) mass is 416 g/mol. The van der Waals surface area contributed by atoms with Gasteiger partial charge in [-0.1, -0.05) is 46.3 Å². The first-order chi connectivity index (χ1) is 12.4. The molecular formula is C20H21BrN2O3. The van der Waals surface area contributed by atoms with Crippen LogP contribution in [0.15, 0.2) is 59.1 Å². The second-order valence-corrected chi connectivity index (χ2v) is 7.51. The smallest absolute Gasteiger partial charge is 0.259 e. The van der Waals surface area contributed by atoms with E-state index in [0.717, 1.165) is 10.9 Å². The minimum absolute atomic E-state index is 0.234. The van der Waals surface area contributed by atoms with Crippen LogP contribution in [0.1, 0.15) is 25.3 Å². The van der Waals surface area contributed by atoms with Crippen LogP contribution in [-0.4, -0.2) is 34.4 Å². The van der Waals surface area contributed by atoms with E-state index in [2.05, 4.69) is 21.2 Å². The van der Waals surface area contributed by atoms with Crippen LogP contribution in [0.2, 0.25) is 0 Å². The molecule has 2 N–H and O–H groups in total. The van der Waals surface area contributed by atoms with Crippen LogP contribution in [0.3, 0.4) is 0 Å². The predicted molar refractivity (Wildman–Crippen MR) is 104 cm³/mol. The van der Waals surface area contributed by atoms with Gasteiger partial charge < -0.3 is 15.3 Å². The highest BCUT2D eigenvalue weighted by atomic mass is 79.9. The van der Waals surface area contributed by atoms with Crippen LogP contribution >= 0.6 is 15.9 Å². The summed E-state index contributed by atoms with van der Waals surface area (Å²) in [5, 5.41) is 13.7. The molecule has 2 aromatic carbocycles. The van der Waals surface area contributed by atoms with Gasteiger partial charge >= 0.3 is 0 Å². The Kier molecular flexibility index (Phi) is 5.44. The Morgan fingerprint density at radius 2 is 1.81 bits per heavy atom. The largest absolute Gasteiger partial charge is 0.376 e. The van der Waals surface area contributed by atoms with Gasteiger partial charge in [0.2, 0.25) is 5.91 Å². The van der Waals surface area contributed by atoms with E-state index in [9.17, 15) is 14.7 Å². The van der Waals surface area contributed by atoms with Gasteiger partial charge in [0.1, 0.15) is 6.04 Å². The van der Waals surface area contributed by atoms with E-state index in [-0.39, 0.29) is 5.91 Å². The van der Waals surface area contributed by atoms with E-state index in [4.69, 9.17) is 0 Å². The number of carbonyl (C=O) groups is 2. The Balaban J connectivity index is 1.75. The predicted octanol–water partition coefficient (Wildman–Crippen LogP) is 3.29. The maximum Gasteiger partial charge on any atom is 0.259 e. The summed E-state index contributed by atoms with van der Waals surface area (Å²) < 4.78 is 0.923. The van der Waals surface area contributed by atoms with Crippen molar-refractivity contribution >= 4 is 33.4 Å². The number of rotatable bonds is 4. The van der Waals surface area contributed by atoms with Gasteiger partial charge in [-0.15, -0.1) is 0 Å². The number of carbonyl (C=O) groups excluding carboxylic acids is 2. The fraction of sp³-hybridized carbons (Fsp3) is 0.300. The van der Waals surface area contributed by atoms with Crippen LogP contribution in [0.25, 0.3) is 0 Å². The van der Waals surface area contributed by atoms with Gasteiger partial charge in [0.25, 0.3) is 5.91 Å². The molecule has 3 rings (SSSR count). The number of aliphatic hydroxyl groups is 1. The summed E-state index contributed by atoms with van der Waals surface area (Å²) in [6.07, 6.45) is 1.31. The van der Waals surface area contributed by atoms with Crippen molar-refractivity contribution in [2.24, 2.45) is 0 Å². The molecule has 2 amide bonds. The van der Waals surface area contributed by atoms with Gasteiger partial charge in [-0.25, -0.2) is 0 Å². The molecule has 0 bridgehead atoms. The third-order valence-corrected chi connectivity index (χ3v) is 5.21. The first-order valence-electron chi connectivity index (χ1n) is 8.55.